The third-order valence-electron chi connectivity index (χ3n) is 3.16. The summed E-state index contributed by atoms with van der Waals surface area (Å²) in [7, 11) is 5.57. The van der Waals surface area contributed by atoms with Gasteiger partial charge >= 0.3 is 0 Å². The van der Waals surface area contributed by atoms with Crippen molar-refractivity contribution in [2.75, 3.05) is 37.1 Å². The molecule has 0 spiro atoms. The fourth-order valence-corrected chi connectivity index (χ4v) is 2.02. The van der Waals surface area contributed by atoms with E-state index in [0.717, 1.165) is 11.4 Å². The molecule has 0 aromatic heterocycles. The van der Waals surface area contributed by atoms with Gasteiger partial charge in [-0.2, -0.15) is 0 Å². The summed E-state index contributed by atoms with van der Waals surface area (Å²) in [5.41, 5.74) is 9.64. The molecule has 0 aliphatic rings. The molecule has 0 bridgehead atoms. The molecule has 0 aliphatic carbocycles. The quantitative estimate of drug-likeness (QED) is 0.754. The molecule has 0 radical (unpaired) electrons. The number of amides is 1. The molecular weight excluding hydrogens is 264 g/mol. The zero-order valence-electron chi connectivity index (χ0n) is 12.5. The standard InChI is InChI=1S/C16H20N4O/c1-18-16(21)14-8-7-11(17)9-15(14)19-12-5-4-6-13(10-12)20(2)3/h4-10,19H,17H2,1-3H3,(H,18,21). The van der Waals surface area contributed by atoms with E-state index >= 15 is 0 Å². The molecule has 1 amide bonds. The third kappa shape index (κ3) is 3.45. The summed E-state index contributed by atoms with van der Waals surface area (Å²) in [4.78, 5) is 13.9. The van der Waals surface area contributed by atoms with Gasteiger partial charge in [0, 0.05) is 38.2 Å². The summed E-state index contributed by atoms with van der Waals surface area (Å²) in [5.74, 6) is -0.152. The summed E-state index contributed by atoms with van der Waals surface area (Å²) in [5, 5.41) is 5.88. The number of nitrogens with one attached hydrogen (secondary N) is 2. The maximum Gasteiger partial charge on any atom is 0.253 e. The second kappa shape index (κ2) is 6.17. The Morgan fingerprint density at radius 2 is 1.90 bits per heavy atom. The lowest BCUT2D eigenvalue weighted by Gasteiger charge is -2.16. The van der Waals surface area contributed by atoms with Gasteiger partial charge in [-0.15, -0.1) is 0 Å². The number of hydrogen-bond acceptors (Lipinski definition) is 4. The zero-order chi connectivity index (χ0) is 15.4. The van der Waals surface area contributed by atoms with Gasteiger partial charge in [0.2, 0.25) is 0 Å². The van der Waals surface area contributed by atoms with Crippen LogP contribution in [-0.4, -0.2) is 27.1 Å². The van der Waals surface area contributed by atoms with Crippen LogP contribution in [0.15, 0.2) is 42.5 Å². The molecule has 0 unspecified atom stereocenters. The summed E-state index contributed by atoms with van der Waals surface area (Å²) in [6.45, 7) is 0. The number of benzene rings is 2. The van der Waals surface area contributed by atoms with Crippen LogP contribution in [0.1, 0.15) is 10.4 Å². The van der Waals surface area contributed by atoms with E-state index in [4.69, 9.17) is 5.73 Å². The van der Waals surface area contributed by atoms with Gasteiger partial charge in [-0.05, 0) is 36.4 Å². The van der Waals surface area contributed by atoms with Crippen molar-refractivity contribution in [3.63, 3.8) is 0 Å². The van der Waals surface area contributed by atoms with Crippen molar-refractivity contribution in [3.8, 4) is 0 Å². The van der Waals surface area contributed by atoms with E-state index in [0.29, 0.717) is 16.9 Å². The molecule has 2 rings (SSSR count). The van der Waals surface area contributed by atoms with Gasteiger partial charge < -0.3 is 21.3 Å². The molecule has 2 aromatic carbocycles. The number of hydrogen-bond donors (Lipinski definition) is 3. The molecule has 0 heterocycles. The first-order chi connectivity index (χ1) is 10.0. The Hall–Kier alpha value is -2.69. The molecule has 4 N–H and O–H groups in total. The Morgan fingerprint density at radius 3 is 2.57 bits per heavy atom. The number of carbonyl (C=O) groups is 1. The van der Waals surface area contributed by atoms with Crippen LogP contribution in [-0.2, 0) is 0 Å². The maximum absolute atomic E-state index is 11.9. The van der Waals surface area contributed by atoms with Crippen molar-refractivity contribution in [2.45, 2.75) is 0 Å². The van der Waals surface area contributed by atoms with Crippen LogP contribution >= 0.6 is 0 Å². The molecular formula is C16H20N4O. The first kappa shape index (κ1) is 14.7. The summed E-state index contributed by atoms with van der Waals surface area (Å²) < 4.78 is 0. The fraction of sp³-hybridized carbons (Fsp3) is 0.188. The van der Waals surface area contributed by atoms with Gasteiger partial charge in [-0.1, -0.05) is 6.07 Å². The largest absolute Gasteiger partial charge is 0.399 e. The van der Waals surface area contributed by atoms with Crippen LogP contribution in [0.4, 0.5) is 22.7 Å². The highest BCUT2D eigenvalue weighted by Gasteiger charge is 2.10. The highest BCUT2D eigenvalue weighted by Crippen LogP contribution is 2.25. The zero-order valence-corrected chi connectivity index (χ0v) is 12.5. The number of anilines is 4. The van der Waals surface area contributed by atoms with Crippen molar-refractivity contribution in [2.24, 2.45) is 0 Å². The smallest absolute Gasteiger partial charge is 0.253 e. The number of nitrogen functional groups attached to an aromatic ring is 1. The normalized spacial score (nSPS) is 10.0. The van der Waals surface area contributed by atoms with Gasteiger partial charge in [0.25, 0.3) is 5.91 Å². The third-order valence-corrected chi connectivity index (χ3v) is 3.16. The lowest BCUT2D eigenvalue weighted by Crippen LogP contribution is -2.19. The molecule has 0 saturated heterocycles. The first-order valence-electron chi connectivity index (χ1n) is 6.67. The number of nitrogens with two attached hydrogens (primary N) is 1. The van der Waals surface area contributed by atoms with Crippen LogP contribution in [0, 0.1) is 0 Å². The van der Waals surface area contributed by atoms with E-state index in [-0.39, 0.29) is 5.91 Å². The fourth-order valence-electron chi connectivity index (χ4n) is 2.02. The Bertz CT molecular complexity index is 652. The van der Waals surface area contributed by atoms with Gasteiger partial charge in [-0.25, -0.2) is 0 Å². The van der Waals surface area contributed by atoms with Crippen LogP contribution in [0.5, 0.6) is 0 Å². The molecule has 0 atom stereocenters. The minimum absolute atomic E-state index is 0.152. The monoisotopic (exact) mass is 284 g/mol. The van der Waals surface area contributed by atoms with E-state index in [1.54, 1.807) is 25.2 Å². The maximum atomic E-state index is 11.9. The Morgan fingerprint density at radius 1 is 1.14 bits per heavy atom. The van der Waals surface area contributed by atoms with Gasteiger partial charge in [-0.3, -0.25) is 4.79 Å². The van der Waals surface area contributed by atoms with Crippen LogP contribution in [0.3, 0.4) is 0 Å². The second-order valence-electron chi connectivity index (χ2n) is 4.95. The Kier molecular flexibility index (Phi) is 4.33. The lowest BCUT2D eigenvalue weighted by atomic mass is 10.1. The predicted octanol–water partition coefficient (Wildman–Crippen LogP) is 2.44. The predicted molar refractivity (Wildman–Crippen MR) is 88.3 cm³/mol. The molecule has 0 saturated carbocycles. The van der Waals surface area contributed by atoms with Gasteiger partial charge in [0.1, 0.15) is 0 Å². The highest BCUT2D eigenvalue weighted by atomic mass is 16.1. The molecule has 0 aliphatic heterocycles. The van der Waals surface area contributed by atoms with E-state index in [2.05, 4.69) is 10.6 Å². The Labute approximate surface area is 124 Å². The number of rotatable bonds is 4. The molecule has 0 fully saturated rings. The molecule has 5 nitrogen and oxygen atoms in total. The highest BCUT2D eigenvalue weighted by molar-refractivity contribution is 6.00. The van der Waals surface area contributed by atoms with E-state index < -0.39 is 0 Å². The first-order valence-corrected chi connectivity index (χ1v) is 6.67. The van der Waals surface area contributed by atoms with Crippen molar-refractivity contribution in [1.82, 2.24) is 5.32 Å². The summed E-state index contributed by atoms with van der Waals surface area (Å²) >= 11 is 0. The van der Waals surface area contributed by atoms with Crippen LogP contribution in [0.2, 0.25) is 0 Å². The van der Waals surface area contributed by atoms with E-state index in [1.807, 2.05) is 43.3 Å². The van der Waals surface area contributed by atoms with E-state index in [9.17, 15) is 4.79 Å². The minimum atomic E-state index is -0.152. The van der Waals surface area contributed by atoms with Crippen molar-refractivity contribution >= 4 is 28.7 Å². The SMILES string of the molecule is CNC(=O)c1ccc(N)cc1Nc1cccc(N(C)C)c1. The molecule has 5 heteroatoms. The average molecular weight is 284 g/mol. The van der Waals surface area contributed by atoms with Gasteiger partial charge in [0.05, 0.1) is 11.3 Å². The van der Waals surface area contributed by atoms with Crippen molar-refractivity contribution in [1.29, 1.82) is 0 Å². The van der Waals surface area contributed by atoms with Crippen molar-refractivity contribution < 1.29 is 4.79 Å². The molecule has 110 valence electrons. The molecule has 21 heavy (non-hydrogen) atoms. The van der Waals surface area contributed by atoms with Crippen molar-refractivity contribution in [3.05, 3.63) is 48.0 Å². The topological polar surface area (TPSA) is 70.4 Å². The lowest BCUT2D eigenvalue weighted by molar-refractivity contribution is 0.0964. The average Bonchev–Trinajstić information content (AvgIpc) is 2.47. The number of carbonyl (C=O) groups excluding carboxylic acids is 1. The van der Waals surface area contributed by atoms with Gasteiger partial charge in [0.15, 0.2) is 0 Å². The number of nitrogens with zero attached hydrogens (tertiary/aromatic N) is 1. The van der Waals surface area contributed by atoms with E-state index in [1.165, 1.54) is 0 Å². The molecule has 2 aromatic rings. The van der Waals surface area contributed by atoms with Crippen LogP contribution < -0.4 is 21.3 Å². The summed E-state index contributed by atoms with van der Waals surface area (Å²) in [6, 6.07) is 13.1. The Balaban J connectivity index is 2.36. The van der Waals surface area contributed by atoms with Crippen LogP contribution in [0.25, 0.3) is 0 Å². The minimum Gasteiger partial charge on any atom is -0.399 e. The summed E-state index contributed by atoms with van der Waals surface area (Å²) in [6.07, 6.45) is 0. The second-order valence-corrected chi connectivity index (χ2v) is 4.95.